The van der Waals surface area contributed by atoms with E-state index < -0.39 is 11.9 Å². The van der Waals surface area contributed by atoms with Crippen molar-refractivity contribution in [3.63, 3.8) is 0 Å². The number of thiophene rings is 1. The largest absolute Gasteiger partial charge is 0.466 e. The lowest BCUT2D eigenvalue weighted by Crippen LogP contribution is -2.28. The predicted molar refractivity (Wildman–Crippen MR) is 117 cm³/mol. The highest BCUT2D eigenvalue weighted by atomic mass is 32.2. The second-order valence-electron chi connectivity index (χ2n) is 6.74. The Morgan fingerprint density at radius 2 is 2.13 bits per heavy atom. The van der Waals surface area contributed by atoms with Crippen LogP contribution < -0.4 is 14.8 Å². The monoisotopic (exact) mass is 454 g/mol. The first-order valence-electron chi connectivity index (χ1n) is 9.33. The number of carbonyl (C=O) groups is 2. The maximum atomic E-state index is 12.8. The second kappa shape index (κ2) is 8.88. The first-order valence-corrected chi connectivity index (χ1v) is 11.2. The van der Waals surface area contributed by atoms with E-state index in [1.54, 1.807) is 25.1 Å². The Hall–Kier alpha value is -3.22. The van der Waals surface area contributed by atoms with Gasteiger partial charge in [0.25, 0.3) is 0 Å². The van der Waals surface area contributed by atoms with Gasteiger partial charge >= 0.3 is 5.97 Å². The van der Waals surface area contributed by atoms with Crippen molar-refractivity contribution in [1.82, 2.24) is 5.32 Å². The highest BCUT2D eigenvalue weighted by molar-refractivity contribution is 8.03. The molecule has 0 radical (unpaired) electrons. The molecule has 7 nitrogen and oxygen atoms in total. The summed E-state index contributed by atoms with van der Waals surface area (Å²) in [5.41, 5.74) is 1.89. The van der Waals surface area contributed by atoms with E-state index >= 15 is 0 Å². The average molecular weight is 455 g/mol. The van der Waals surface area contributed by atoms with Gasteiger partial charge in [0.2, 0.25) is 6.79 Å². The molecule has 0 spiro atoms. The van der Waals surface area contributed by atoms with E-state index in [9.17, 15) is 14.9 Å². The molecular formula is C22H18N2O5S2. The van der Waals surface area contributed by atoms with Gasteiger partial charge in [-0.3, -0.25) is 4.79 Å². The number of dihydropyridines is 1. The smallest absolute Gasteiger partial charge is 0.336 e. The van der Waals surface area contributed by atoms with Crippen molar-refractivity contribution in [2.45, 2.75) is 12.8 Å². The molecule has 1 aromatic heterocycles. The van der Waals surface area contributed by atoms with Crippen molar-refractivity contribution >= 4 is 34.9 Å². The van der Waals surface area contributed by atoms with Gasteiger partial charge in [-0.05, 0) is 36.6 Å². The molecule has 2 aromatic rings. The summed E-state index contributed by atoms with van der Waals surface area (Å²) in [5.74, 6) is 0.136. The van der Waals surface area contributed by atoms with Crippen LogP contribution in [-0.2, 0) is 9.53 Å². The molecule has 2 aliphatic rings. The molecule has 1 unspecified atom stereocenters. The van der Waals surface area contributed by atoms with E-state index in [4.69, 9.17) is 14.2 Å². The van der Waals surface area contributed by atoms with Gasteiger partial charge in [0, 0.05) is 16.1 Å². The van der Waals surface area contributed by atoms with Crippen LogP contribution in [0.25, 0.3) is 0 Å². The highest BCUT2D eigenvalue weighted by Gasteiger charge is 2.36. The normalized spacial score (nSPS) is 17.3. The standard InChI is InChI=1S/C22H18N2O5S2/c1-12-19(22(26)27-2)20(18-4-3-7-30-18)14(9-23)21(24-12)31-10-15(25)13-5-6-16-17(8-13)29-11-28-16/h3-8,20,24H,10-11H2,1-2H3. The van der Waals surface area contributed by atoms with Crippen molar-refractivity contribution in [2.75, 3.05) is 19.7 Å². The van der Waals surface area contributed by atoms with Crippen LogP contribution in [0.2, 0.25) is 0 Å². The number of rotatable bonds is 6. The van der Waals surface area contributed by atoms with Crippen LogP contribution in [0.4, 0.5) is 0 Å². The van der Waals surface area contributed by atoms with Gasteiger partial charge in [-0.2, -0.15) is 5.26 Å². The first-order chi connectivity index (χ1) is 15.0. The maximum Gasteiger partial charge on any atom is 0.336 e. The Kier molecular flexibility index (Phi) is 6.02. The Labute approximate surface area is 187 Å². The zero-order valence-corrected chi connectivity index (χ0v) is 18.4. The van der Waals surface area contributed by atoms with E-state index in [1.807, 2.05) is 17.5 Å². The third-order valence-corrected chi connectivity index (χ3v) is 6.88. The van der Waals surface area contributed by atoms with Gasteiger partial charge in [-0.1, -0.05) is 17.8 Å². The van der Waals surface area contributed by atoms with Gasteiger partial charge < -0.3 is 19.5 Å². The number of ether oxygens (including phenoxy) is 3. The van der Waals surface area contributed by atoms with Crippen molar-refractivity contribution in [2.24, 2.45) is 0 Å². The summed E-state index contributed by atoms with van der Waals surface area (Å²) in [6, 6.07) is 11.1. The molecular weight excluding hydrogens is 436 g/mol. The lowest BCUT2D eigenvalue weighted by Gasteiger charge is -2.28. The van der Waals surface area contributed by atoms with Crippen LogP contribution in [0.3, 0.4) is 0 Å². The number of esters is 1. The van der Waals surface area contributed by atoms with Gasteiger partial charge in [0.15, 0.2) is 17.3 Å². The molecule has 0 saturated heterocycles. The number of carbonyl (C=O) groups excluding carboxylic acids is 2. The van der Waals surface area contributed by atoms with Crippen molar-refractivity contribution in [3.8, 4) is 17.6 Å². The molecule has 0 saturated carbocycles. The van der Waals surface area contributed by atoms with Crippen LogP contribution >= 0.6 is 23.1 Å². The average Bonchev–Trinajstić information content (AvgIpc) is 3.47. The summed E-state index contributed by atoms with van der Waals surface area (Å²) >= 11 is 2.70. The minimum absolute atomic E-state index is 0.108. The molecule has 2 aliphatic heterocycles. The number of nitriles is 1. The van der Waals surface area contributed by atoms with Gasteiger partial charge in [-0.25, -0.2) is 4.79 Å². The molecule has 9 heteroatoms. The number of Topliss-reactive ketones (excluding diaryl/α,β-unsaturated/α-hetero) is 1. The molecule has 0 fully saturated rings. The van der Waals surface area contributed by atoms with E-state index in [0.717, 1.165) is 4.88 Å². The van der Waals surface area contributed by atoms with Crippen LogP contribution in [0.5, 0.6) is 11.5 Å². The molecule has 158 valence electrons. The van der Waals surface area contributed by atoms with Crippen LogP contribution in [-0.4, -0.2) is 31.4 Å². The van der Waals surface area contributed by atoms with Crippen LogP contribution in [0, 0.1) is 11.3 Å². The number of hydrogen-bond donors (Lipinski definition) is 1. The molecule has 31 heavy (non-hydrogen) atoms. The number of fused-ring (bicyclic) bond motifs is 1. The SMILES string of the molecule is COC(=O)C1=C(C)NC(SCC(=O)c2ccc3c(c2)OCO3)=C(C#N)C1c1cccs1. The molecule has 1 aromatic carbocycles. The van der Waals surface area contributed by atoms with Crippen molar-refractivity contribution in [1.29, 1.82) is 5.26 Å². The third kappa shape index (κ3) is 4.04. The lowest BCUT2D eigenvalue weighted by atomic mass is 9.87. The molecule has 0 aliphatic carbocycles. The van der Waals surface area contributed by atoms with E-state index in [1.165, 1.54) is 30.2 Å². The van der Waals surface area contributed by atoms with Crippen LogP contribution in [0.15, 0.2) is 57.6 Å². The Balaban J connectivity index is 1.60. The summed E-state index contributed by atoms with van der Waals surface area (Å²) in [7, 11) is 1.32. The lowest BCUT2D eigenvalue weighted by molar-refractivity contribution is -0.136. The molecule has 3 heterocycles. The third-order valence-electron chi connectivity index (χ3n) is 4.92. The minimum atomic E-state index is -0.540. The molecule has 4 rings (SSSR count). The number of allylic oxidation sites excluding steroid dienone is 2. The Bertz CT molecular complexity index is 1150. The van der Waals surface area contributed by atoms with Gasteiger partial charge in [0.1, 0.15) is 0 Å². The number of thioether (sulfide) groups is 1. The number of benzene rings is 1. The number of methoxy groups -OCH3 is 1. The maximum absolute atomic E-state index is 12.8. The van der Waals surface area contributed by atoms with E-state index in [-0.39, 0.29) is 18.3 Å². The van der Waals surface area contributed by atoms with Crippen molar-refractivity contribution < 1.29 is 23.8 Å². The van der Waals surface area contributed by atoms with Crippen molar-refractivity contribution in [3.05, 3.63) is 68.0 Å². The quantitative estimate of drug-likeness (QED) is 0.517. The highest BCUT2D eigenvalue weighted by Crippen LogP contribution is 2.42. The Morgan fingerprint density at radius 1 is 1.32 bits per heavy atom. The molecule has 0 amide bonds. The predicted octanol–water partition coefficient (Wildman–Crippen LogP) is 3.96. The molecule has 1 atom stereocenters. The van der Waals surface area contributed by atoms with Gasteiger partial charge in [0.05, 0.1) is 41.0 Å². The number of ketones is 1. The minimum Gasteiger partial charge on any atom is -0.466 e. The fraction of sp³-hybridized carbons (Fsp3) is 0.227. The zero-order chi connectivity index (χ0) is 22.0. The summed E-state index contributed by atoms with van der Waals surface area (Å²) in [6.45, 7) is 1.91. The van der Waals surface area contributed by atoms with E-state index in [2.05, 4.69) is 11.4 Å². The summed E-state index contributed by atoms with van der Waals surface area (Å²) in [6.07, 6.45) is 0. The first kappa shape index (κ1) is 21.0. The second-order valence-corrected chi connectivity index (χ2v) is 8.70. The molecule has 0 bridgehead atoms. The number of nitrogens with zero attached hydrogens (tertiary/aromatic N) is 1. The zero-order valence-electron chi connectivity index (χ0n) is 16.8. The fourth-order valence-corrected chi connectivity index (χ4v) is 5.27. The van der Waals surface area contributed by atoms with E-state index in [0.29, 0.717) is 38.9 Å². The fourth-order valence-electron chi connectivity index (χ4n) is 3.44. The summed E-state index contributed by atoms with van der Waals surface area (Å²) in [5, 5.41) is 15.5. The topological polar surface area (TPSA) is 97.7 Å². The summed E-state index contributed by atoms with van der Waals surface area (Å²) < 4.78 is 15.6. The number of nitrogens with one attached hydrogen (secondary N) is 1. The summed E-state index contributed by atoms with van der Waals surface area (Å²) in [4.78, 5) is 26.1. The van der Waals surface area contributed by atoms with Crippen LogP contribution in [0.1, 0.15) is 28.1 Å². The Morgan fingerprint density at radius 3 is 2.84 bits per heavy atom. The number of hydrogen-bond acceptors (Lipinski definition) is 9. The molecule has 1 N–H and O–H groups in total. The van der Waals surface area contributed by atoms with Gasteiger partial charge in [-0.15, -0.1) is 11.3 Å².